The van der Waals surface area contributed by atoms with Gasteiger partial charge in [-0.3, -0.25) is 4.90 Å². The zero-order valence-electron chi connectivity index (χ0n) is 10.6. The van der Waals surface area contributed by atoms with E-state index in [1.807, 2.05) is 0 Å². The molecule has 3 heteroatoms. The van der Waals surface area contributed by atoms with Gasteiger partial charge in [0.1, 0.15) is 0 Å². The molecule has 0 radical (unpaired) electrons. The molecule has 0 aromatic carbocycles. The highest BCUT2D eigenvalue weighted by Gasteiger charge is 2.37. The second-order valence-electron chi connectivity index (χ2n) is 6.07. The Labute approximate surface area is 119 Å². The molecule has 3 aliphatic rings. The molecule has 0 spiro atoms. The molecule has 0 N–H and O–H groups in total. The summed E-state index contributed by atoms with van der Waals surface area (Å²) in [5.41, 5.74) is 0. The molecule has 1 saturated heterocycles. The summed E-state index contributed by atoms with van der Waals surface area (Å²) in [5, 5.41) is 0. The van der Waals surface area contributed by atoms with Crippen molar-refractivity contribution in [3.8, 4) is 0 Å². The van der Waals surface area contributed by atoms with Crippen LogP contribution in [0, 0.1) is 5.92 Å². The van der Waals surface area contributed by atoms with Gasteiger partial charge in [0.25, 0.3) is 0 Å². The van der Waals surface area contributed by atoms with E-state index in [2.05, 4.69) is 27.5 Å². The quantitative estimate of drug-likeness (QED) is 0.530. The topological polar surface area (TPSA) is 12.5 Å². The number of halogens is 1. The number of rotatable bonds is 1. The maximum absolute atomic E-state index is 6.12. The van der Waals surface area contributed by atoms with Crippen LogP contribution in [0.25, 0.3) is 0 Å². The van der Waals surface area contributed by atoms with E-state index >= 15 is 0 Å². The molecular formula is C14H24INO. The second kappa shape index (κ2) is 5.74. The van der Waals surface area contributed by atoms with E-state index in [1.54, 1.807) is 0 Å². The van der Waals surface area contributed by atoms with Crippen molar-refractivity contribution in [3.63, 3.8) is 0 Å². The van der Waals surface area contributed by atoms with E-state index in [-0.39, 0.29) is 0 Å². The monoisotopic (exact) mass is 349 g/mol. The van der Waals surface area contributed by atoms with Crippen molar-refractivity contribution in [2.24, 2.45) is 5.92 Å². The van der Waals surface area contributed by atoms with E-state index < -0.39 is 0 Å². The van der Waals surface area contributed by atoms with Crippen LogP contribution >= 0.6 is 22.6 Å². The molecule has 0 aromatic heterocycles. The van der Waals surface area contributed by atoms with E-state index in [1.165, 1.54) is 57.9 Å². The zero-order chi connectivity index (χ0) is 11.7. The molecule has 98 valence electrons. The summed E-state index contributed by atoms with van der Waals surface area (Å²) >= 11 is 2.63. The van der Waals surface area contributed by atoms with Gasteiger partial charge in [-0.1, -0.05) is 41.9 Å². The fraction of sp³-hybridized carbons (Fsp3) is 1.00. The Morgan fingerprint density at radius 2 is 1.82 bits per heavy atom. The van der Waals surface area contributed by atoms with E-state index in [4.69, 9.17) is 4.74 Å². The Morgan fingerprint density at radius 3 is 2.65 bits per heavy atom. The molecule has 3 atom stereocenters. The van der Waals surface area contributed by atoms with Gasteiger partial charge in [-0.25, -0.2) is 0 Å². The average Bonchev–Trinajstić information content (AvgIpc) is 2.39. The summed E-state index contributed by atoms with van der Waals surface area (Å²) in [4.78, 5) is 2.65. The lowest BCUT2D eigenvalue weighted by Crippen LogP contribution is -2.51. The third-order valence-corrected chi connectivity index (χ3v) is 5.99. The number of fused-ring (bicyclic) bond motifs is 1. The van der Waals surface area contributed by atoms with Gasteiger partial charge in [0.2, 0.25) is 0 Å². The molecule has 2 saturated carbocycles. The molecule has 0 aromatic rings. The highest BCUT2D eigenvalue weighted by Crippen LogP contribution is 2.36. The molecule has 3 rings (SSSR count). The minimum absolute atomic E-state index is 0.584. The maximum Gasteiger partial charge on any atom is 0.0996 e. The van der Waals surface area contributed by atoms with Gasteiger partial charge >= 0.3 is 0 Å². The van der Waals surface area contributed by atoms with Crippen LogP contribution in [0.2, 0.25) is 0 Å². The Hall–Kier alpha value is 0.650. The van der Waals surface area contributed by atoms with Crippen LogP contribution in [0.5, 0.6) is 0 Å². The molecule has 2 nitrogen and oxygen atoms in total. The molecule has 1 heterocycles. The van der Waals surface area contributed by atoms with Crippen molar-refractivity contribution in [3.05, 3.63) is 0 Å². The smallest absolute Gasteiger partial charge is 0.0996 e. The summed E-state index contributed by atoms with van der Waals surface area (Å²) in [6, 6.07) is 0.833. The van der Waals surface area contributed by atoms with Crippen molar-refractivity contribution >= 4 is 22.6 Å². The first-order chi connectivity index (χ1) is 8.33. The van der Waals surface area contributed by atoms with E-state index in [0.29, 0.717) is 6.10 Å². The molecular weight excluding hydrogens is 325 g/mol. The number of hydrogen-bond donors (Lipinski definition) is 0. The van der Waals surface area contributed by atoms with Crippen LogP contribution in [0.3, 0.4) is 0 Å². The first kappa shape index (κ1) is 12.7. The predicted molar refractivity (Wildman–Crippen MR) is 78.5 cm³/mol. The van der Waals surface area contributed by atoms with Gasteiger partial charge in [0, 0.05) is 16.5 Å². The Bertz CT molecular complexity index is 255. The second-order valence-corrected chi connectivity index (χ2v) is 7.83. The van der Waals surface area contributed by atoms with Crippen LogP contribution in [-0.4, -0.2) is 34.2 Å². The maximum atomic E-state index is 6.12. The molecule has 17 heavy (non-hydrogen) atoms. The highest BCUT2D eigenvalue weighted by molar-refractivity contribution is 14.1. The van der Waals surface area contributed by atoms with Gasteiger partial charge in [-0.2, -0.15) is 0 Å². The Kier molecular flexibility index (Phi) is 4.28. The van der Waals surface area contributed by atoms with Gasteiger partial charge < -0.3 is 4.74 Å². The molecule has 2 aliphatic carbocycles. The van der Waals surface area contributed by atoms with Crippen molar-refractivity contribution in [2.45, 2.75) is 67.4 Å². The lowest BCUT2D eigenvalue weighted by atomic mass is 9.84. The summed E-state index contributed by atoms with van der Waals surface area (Å²) in [6.45, 7) is 2.23. The third kappa shape index (κ3) is 2.98. The predicted octanol–water partition coefficient (Wildman–Crippen LogP) is 3.58. The summed E-state index contributed by atoms with van der Waals surface area (Å²) in [7, 11) is 0. The minimum Gasteiger partial charge on any atom is -0.362 e. The SMILES string of the molecule is IC1CCC2OCN(C3CCCCC3)CC2C1. The highest BCUT2D eigenvalue weighted by atomic mass is 127. The lowest BCUT2D eigenvalue weighted by molar-refractivity contribution is -0.132. The summed E-state index contributed by atoms with van der Waals surface area (Å²) in [5.74, 6) is 0.821. The summed E-state index contributed by atoms with van der Waals surface area (Å²) in [6.07, 6.45) is 11.8. The molecule has 1 aliphatic heterocycles. The van der Waals surface area contributed by atoms with Crippen LogP contribution < -0.4 is 0 Å². The number of nitrogens with zero attached hydrogens (tertiary/aromatic N) is 1. The van der Waals surface area contributed by atoms with Gasteiger partial charge in [0.05, 0.1) is 12.8 Å². The number of hydrogen-bond acceptors (Lipinski definition) is 2. The standard InChI is InChI=1S/C14H24INO/c15-12-6-7-14-11(8-12)9-16(10-17-14)13-4-2-1-3-5-13/h11-14H,1-10H2. The van der Waals surface area contributed by atoms with Crippen LogP contribution in [0.1, 0.15) is 51.4 Å². The largest absolute Gasteiger partial charge is 0.362 e. The van der Waals surface area contributed by atoms with Crippen LogP contribution in [-0.2, 0) is 4.74 Å². The Balaban J connectivity index is 1.58. The number of ether oxygens (including phenoxy) is 1. The molecule has 3 fully saturated rings. The van der Waals surface area contributed by atoms with E-state index in [9.17, 15) is 0 Å². The average molecular weight is 349 g/mol. The van der Waals surface area contributed by atoms with Gasteiger partial charge in [0.15, 0.2) is 0 Å². The zero-order valence-corrected chi connectivity index (χ0v) is 12.8. The minimum atomic E-state index is 0.584. The summed E-state index contributed by atoms with van der Waals surface area (Å²) < 4.78 is 7.01. The molecule has 3 unspecified atom stereocenters. The van der Waals surface area contributed by atoms with Crippen molar-refractivity contribution in [1.82, 2.24) is 4.90 Å². The first-order valence-electron chi connectivity index (χ1n) is 7.32. The fourth-order valence-corrected chi connectivity index (χ4v) is 4.85. The normalized spacial score (nSPS) is 41.1. The number of alkyl halides is 1. The lowest BCUT2D eigenvalue weighted by Gasteiger charge is -2.46. The Morgan fingerprint density at radius 1 is 1.00 bits per heavy atom. The van der Waals surface area contributed by atoms with E-state index in [0.717, 1.165) is 22.6 Å². The first-order valence-corrected chi connectivity index (χ1v) is 8.57. The van der Waals surface area contributed by atoms with Gasteiger partial charge in [-0.05, 0) is 38.0 Å². The van der Waals surface area contributed by atoms with Gasteiger partial charge in [-0.15, -0.1) is 0 Å². The van der Waals surface area contributed by atoms with Crippen LogP contribution in [0.15, 0.2) is 0 Å². The third-order valence-electron chi connectivity index (χ3n) is 4.86. The van der Waals surface area contributed by atoms with Crippen molar-refractivity contribution < 1.29 is 4.74 Å². The molecule has 0 bridgehead atoms. The molecule has 0 amide bonds. The van der Waals surface area contributed by atoms with Crippen molar-refractivity contribution in [1.29, 1.82) is 0 Å². The van der Waals surface area contributed by atoms with Crippen molar-refractivity contribution in [2.75, 3.05) is 13.3 Å². The van der Waals surface area contributed by atoms with Crippen LogP contribution in [0.4, 0.5) is 0 Å². The fourth-order valence-electron chi connectivity index (χ4n) is 3.84.